The van der Waals surface area contributed by atoms with Crippen LogP contribution in [-0.2, 0) is 0 Å². The Morgan fingerprint density at radius 3 is 2.69 bits per heavy atom. The lowest BCUT2D eigenvalue weighted by atomic mass is 10.2. The van der Waals surface area contributed by atoms with Gasteiger partial charge in [0, 0.05) is 17.0 Å². The monoisotopic (exact) mass is 389 g/mol. The van der Waals surface area contributed by atoms with Crippen molar-refractivity contribution < 1.29 is 14.5 Å². The minimum atomic E-state index is -0.517. The van der Waals surface area contributed by atoms with Crippen molar-refractivity contribution in [2.75, 3.05) is 11.9 Å². The van der Waals surface area contributed by atoms with Gasteiger partial charge in [0.2, 0.25) is 0 Å². The molecule has 0 aliphatic rings. The number of rotatable bonds is 7. The first kappa shape index (κ1) is 18.0. The summed E-state index contributed by atoms with van der Waals surface area (Å²) in [6.07, 6.45) is 0.949. The summed E-state index contributed by atoms with van der Waals surface area (Å²) < 4.78 is 5.55. The summed E-state index contributed by atoms with van der Waals surface area (Å²) in [5.74, 6) is 0.394. The maximum Gasteiger partial charge on any atom is 0.324 e. The van der Waals surface area contributed by atoms with Crippen molar-refractivity contribution in [3.8, 4) is 17.0 Å². The zero-order valence-corrected chi connectivity index (χ0v) is 15.4. The molecule has 0 saturated carbocycles. The number of nitrogens with zero attached hydrogens (tertiary/aromatic N) is 2. The van der Waals surface area contributed by atoms with Crippen molar-refractivity contribution in [2.45, 2.75) is 13.3 Å². The molecule has 2 heterocycles. The molecule has 1 amide bonds. The van der Waals surface area contributed by atoms with E-state index in [1.807, 2.05) is 36.6 Å². The van der Waals surface area contributed by atoms with Gasteiger partial charge in [-0.2, -0.15) is 0 Å². The molecule has 0 fully saturated rings. The molecule has 1 aromatic carbocycles. The quantitative estimate of drug-likeness (QED) is 0.462. The van der Waals surface area contributed by atoms with Gasteiger partial charge in [-0.25, -0.2) is 4.98 Å². The lowest BCUT2D eigenvalue weighted by Gasteiger charge is -2.04. The molecule has 9 heteroatoms. The lowest BCUT2D eigenvalue weighted by Crippen LogP contribution is -2.09. The first-order chi connectivity index (χ1) is 12.6. The SMILES string of the molecule is CCCOc1ccc(-c2csc(NC(=O)c3ccc([N+](=O)[O-])s3)n2)cc1. The number of hydrogen-bond donors (Lipinski definition) is 1. The summed E-state index contributed by atoms with van der Waals surface area (Å²) >= 11 is 2.13. The molecular formula is C17H15N3O4S2. The number of nitro groups is 1. The first-order valence-corrected chi connectivity index (χ1v) is 9.50. The topological polar surface area (TPSA) is 94.4 Å². The molecule has 3 rings (SSSR count). The number of thiazole rings is 1. The molecule has 0 atom stereocenters. The zero-order chi connectivity index (χ0) is 18.5. The van der Waals surface area contributed by atoms with Crippen LogP contribution in [0.25, 0.3) is 11.3 Å². The summed E-state index contributed by atoms with van der Waals surface area (Å²) in [4.78, 5) is 27.0. The number of hydrogen-bond acceptors (Lipinski definition) is 7. The number of carbonyl (C=O) groups excluding carboxylic acids is 1. The highest BCUT2D eigenvalue weighted by atomic mass is 32.1. The summed E-state index contributed by atoms with van der Waals surface area (Å²) in [6, 6.07) is 10.3. The van der Waals surface area contributed by atoms with Crippen LogP contribution < -0.4 is 10.1 Å². The number of anilines is 1. The molecule has 3 aromatic rings. The number of benzene rings is 1. The Hall–Kier alpha value is -2.78. The van der Waals surface area contributed by atoms with E-state index in [2.05, 4.69) is 10.3 Å². The summed E-state index contributed by atoms with van der Waals surface area (Å²) in [5.41, 5.74) is 1.65. The van der Waals surface area contributed by atoms with E-state index >= 15 is 0 Å². The van der Waals surface area contributed by atoms with Crippen molar-refractivity contribution in [3.05, 3.63) is 56.8 Å². The van der Waals surface area contributed by atoms with E-state index in [4.69, 9.17) is 4.74 Å². The second-order valence-electron chi connectivity index (χ2n) is 5.26. The van der Waals surface area contributed by atoms with Crippen LogP contribution in [0, 0.1) is 10.1 Å². The highest BCUT2D eigenvalue weighted by Crippen LogP contribution is 2.28. The van der Waals surface area contributed by atoms with Gasteiger partial charge in [0.25, 0.3) is 5.91 Å². The number of aromatic nitrogens is 1. The fraction of sp³-hybridized carbons (Fsp3) is 0.176. The molecule has 0 bridgehead atoms. The molecule has 0 unspecified atom stereocenters. The Labute approximate surface area is 157 Å². The predicted molar refractivity (Wildman–Crippen MR) is 102 cm³/mol. The third-order valence-electron chi connectivity index (χ3n) is 3.34. The van der Waals surface area contributed by atoms with E-state index < -0.39 is 10.8 Å². The fourth-order valence-electron chi connectivity index (χ4n) is 2.11. The molecule has 26 heavy (non-hydrogen) atoms. The zero-order valence-electron chi connectivity index (χ0n) is 13.8. The highest BCUT2D eigenvalue weighted by Gasteiger charge is 2.16. The van der Waals surface area contributed by atoms with E-state index in [-0.39, 0.29) is 9.88 Å². The third-order valence-corrected chi connectivity index (χ3v) is 5.14. The van der Waals surface area contributed by atoms with Gasteiger partial charge in [0.1, 0.15) is 5.75 Å². The highest BCUT2D eigenvalue weighted by molar-refractivity contribution is 7.17. The van der Waals surface area contributed by atoms with E-state index in [1.54, 1.807) is 0 Å². The van der Waals surface area contributed by atoms with Crippen LogP contribution in [0.4, 0.5) is 10.1 Å². The lowest BCUT2D eigenvalue weighted by molar-refractivity contribution is -0.380. The van der Waals surface area contributed by atoms with Crippen LogP contribution in [0.2, 0.25) is 0 Å². The molecule has 2 aromatic heterocycles. The van der Waals surface area contributed by atoms with E-state index in [0.717, 1.165) is 34.8 Å². The largest absolute Gasteiger partial charge is 0.494 e. The van der Waals surface area contributed by atoms with Crippen LogP contribution in [0.1, 0.15) is 23.0 Å². The van der Waals surface area contributed by atoms with Gasteiger partial charge in [-0.05, 0) is 36.8 Å². The Morgan fingerprint density at radius 1 is 1.27 bits per heavy atom. The minimum Gasteiger partial charge on any atom is -0.494 e. The van der Waals surface area contributed by atoms with Gasteiger partial charge in [-0.3, -0.25) is 20.2 Å². The van der Waals surface area contributed by atoms with E-state index in [1.165, 1.54) is 23.5 Å². The van der Waals surface area contributed by atoms with Crippen molar-refractivity contribution in [3.63, 3.8) is 0 Å². The fourth-order valence-corrected chi connectivity index (χ4v) is 3.54. The van der Waals surface area contributed by atoms with E-state index in [9.17, 15) is 14.9 Å². The average Bonchev–Trinajstić information content (AvgIpc) is 3.30. The summed E-state index contributed by atoms with van der Waals surface area (Å²) in [5, 5.41) is 15.6. The standard InChI is InChI=1S/C17H15N3O4S2/c1-2-9-24-12-5-3-11(4-6-12)13-10-25-17(18-13)19-16(21)14-7-8-15(26-14)20(22)23/h3-8,10H,2,9H2,1H3,(H,18,19,21). The number of ether oxygens (including phenoxy) is 1. The van der Waals surface area contributed by atoms with Gasteiger partial charge in [-0.1, -0.05) is 18.3 Å². The van der Waals surface area contributed by atoms with Gasteiger partial charge >= 0.3 is 5.00 Å². The van der Waals surface area contributed by atoms with Crippen LogP contribution >= 0.6 is 22.7 Å². The molecule has 0 saturated heterocycles. The second-order valence-corrected chi connectivity index (χ2v) is 7.18. The minimum absolute atomic E-state index is 0.0691. The van der Waals surface area contributed by atoms with Crippen LogP contribution in [-0.4, -0.2) is 22.4 Å². The number of nitrogens with one attached hydrogen (secondary N) is 1. The molecule has 134 valence electrons. The molecule has 1 N–H and O–H groups in total. The van der Waals surface area contributed by atoms with Gasteiger partial charge in [0.05, 0.1) is 22.1 Å². The van der Waals surface area contributed by atoms with Gasteiger partial charge in [-0.15, -0.1) is 11.3 Å². The predicted octanol–water partition coefficient (Wildman–Crippen LogP) is 4.82. The maximum atomic E-state index is 12.2. The Balaban J connectivity index is 1.67. The van der Waals surface area contributed by atoms with Crippen LogP contribution in [0.3, 0.4) is 0 Å². The molecule has 7 nitrogen and oxygen atoms in total. The molecule has 0 spiro atoms. The summed E-state index contributed by atoms with van der Waals surface area (Å²) in [7, 11) is 0. The number of amides is 1. The number of carbonyl (C=O) groups is 1. The normalized spacial score (nSPS) is 10.5. The Morgan fingerprint density at radius 2 is 2.04 bits per heavy atom. The average molecular weight is 389 g/mol. The van der Waals surface area contributed by atoms with Crippen molar-refractivity contribution in [1.29, 1.82) is 0 Å². The molecular weight excluding hydrogens is 374 g/mol. The maximum absolute atomic E-state index is 12.2. The Kier molecular flexibility index (Phi) is 5.59. The van der Waals surface area contributed by atoms with Gasteiger partial charge < -0.3 is 4.74 Å². The number of thiophene rings is 1. The van der Waals surface area contributed by atoms with Crippen molar-refractivity contribution >= 4 is 38.7 Å². The third kappa shape index (κ3) is 4.24. The molecule has 0 aliphatic heterocycles. The molecule has 0 radical (unpaired) electrons. The van der Waals surface area contributed by atoms with Gasteiger partial charge in [0.15, 0.2) is 5.13 Å². The smallest absolute Gasteiger partial charge is 0.324 e. The Bertz CT molecular complexity index is 918. The van der Waals surface area contributed by atoms with Crippen LogP contribution in [0.15, 0.2) is 41.8 Å². The van der Waals surface area contributed by atoms with E-state index in [0.29, 0.717) is 11.7 Å². The second kappa shape index (κ2) is 8.07. The van der Waals surface area contributed by atoms with Crippen molar-refractivity contribution in [1.82, 2.24) is 4.98 Å². The molecule has 0 aliphatic carbocycles. The first-order valence-electron chi connectivity index (χ1n) is 7.81. The summed E-state index contributed by atoms with van der Waals surface area (Å²) in [6.45, 7) is 2.72. The van der Waals surface area contributed by atoms with Crippen LogP contribution in [0.5, 0.6) is 5.75 Å². The van der Waals surface area contributed by atoms with Crippen molar-refractivity contribution in [2.24, 2.45) is 0 Å².